The summed E-state index contributed by atoms with van der Waals surface area (Å²) in [4.78, 5) is 0. The average Bonchev–Trinajstić information content (AvgIpc) is 2.62. The van der Waals surface area contributed by atoms with Crippen molar-refractivity contribution >= 4 is 0 Å². The van der Waals surface area contributed by atoms with Gasteiger partial charge < -0.3 is 9.73 Å². The molecule has 2 rings (SSSR count). The Bertz CT molecular complexity index is 256. The maximum Gasteiger partial charge on any atom is 0.117 e. The summed E-state index contributed by atoms with van der Waals surface area (Å²) in [6.07, 6.45) is 7.24. The normalized spacial score (nSPS) is 19.2. The minimum absolute atomic E-state index is 0.604. The molecule has 1 fully saturated rings. The molecule has 1 aliphatic carbocycles. The average molecular weight is 193 g/mol. The Kier molecular flexibility index (Phi) is 2.92. The second-order valence-electron chi connectivity index (χ2n) is 4.39. The van der Waals surface area contributed by atoms with Crippen LogP contribution >= 0.6 is 0 Å². The highest BCUT2D eigenvalue weighted by molar-refractivity contribution is 4.98. The van der Waals surface area contributed by atoms with Crippen molar-refractivity contribution in [2.45, 2.75) is 39.2 Å². The van der Waals surface area contributed by atoms with Gasteiger partial charge in [-0.25, -0.2) is 0 Å². The molecule has 1 aromatic rings. The molecule has 1 aromatic heterocycles. The summed E-state index contributed by atoms with van der Waals surface area (Å²) in [5.74, 6) is 1.04. The van der Waals surface area contributed by atoms with E-state index in [0.717, 1.165) is 18.8 Å². The standard InChI is InChI=1S/C12H19NO/c1-2-12(6-4-7-12)10-13-9-11-5-3-8-14-11/h3,5,8,13H,2,4,6-7,9-10H2,1H3. The largest absolute Gasteiger partial charge is 0.468 e. The number of hydrogen-bond donors (Lipinski definition) is 1. The van der Waals surface area contributed by atoms with Crippen LogP contribution < -0.4 is 5.32 Å². The van der Waals surface area contributed by atoms with E-state index in [1.165, 1.54) is 25.7 Å². The van der Waals surface area contributed by atoms with Gasteiger partial charge in [-0.2, -0.15) is 0 Å². The molecule has 1 saturated carbocycles. The van der Waals surface area contributed by atoms with Crippen LogP contribution in [-0.4, -0.2) is 6.54 Å². The topological polar surface area (TPSA) is 25.2 Å². The third-order valence-electron chi connectivity index (χ3n) is 3.54. The van der Waals surface area contributed by atoms with Crippen molar-refractivity contribution in [2.75, 3.05) is 6.54 Å². The molecule has 0 unspecified atom stereocenters. The third kappa shape index (κ3) is 2.01. The Morgan fingerprint density at radius 2 is 2.36 bits per heavy atom. The van der Waals surface area contributed by atoms with E-state index in [2.05, 4.69) is 12.2 Å². The molecule has 0 amide bonds. The molecule has 2 heteroatoms. The lowest BCUT2D eigenvalue weighted by atomic mass is 9.67. The first kappa shape index (κ1) is 9.78. The molecule has 0 radical (unpaired) electrons. The molecule has 0 aliphatic heterocycles. The van der Waals surface area contributed by atoms with Gasteiger partial charge in [0.25, 0.3) is 0 Å². The molecule has 0 bridgehead atoms. The van der Waals surface area contributed by atoms with Crippen LogP contribution in [0.1, 0.15) is 38.4 Å². The first-order chi connectivity index (χ1) is 6.85. The fourth-order valence-electron chi connectivity index (χ4n) is 2.20. The number of rotatable bonds is 5. The lowest BCUT2D eigenvalue weighted by Gasteiger charge is -2.41. The molecule has 0 saturated heterocycles. The van der Waals surface area contributed by atoms with Gasteiger partial charge in [-0.1, -0.05) is 13.3 Å². The van der Waals surface area contributed by atoms with E-state index >= 15 is 0 Å². The molecular formula is C12H19NO. The van der Waals surface area contributed by atoms with E-state index in [1.807, 2.05) is 12.1 Å². The molecule has 1 heterocycles. The van der Waals surface area contributed by atoms with Crippen molar-refractivity contribution in [1.29, 1.82) is 0 Å². The zero-order valence-electron chi connectivity index (χ0n) is 8.88. The van der Waals surface area contributed by atoms with Gasteiger partial charge >= 0.3 is 0 Å². The van der Waals surface area contributed by atoms with E-state index in [0.29, 0.717) is 5.41 Å². The van der Waals surface area contributed by atoms with Gasteiger partial charge in [0, 0.05) is 6.54 Å². The lowest BCUT2D eigenvalue weighted by molar-refractivity contribution is 0.123. The number of nitrogens with one attached hydrogen (secondary N) is 1. The summed E-state index contributed by atoms with van der Waals surface area (Å²) in [6.45, 7) is 4.31. The predicted molar refractivity (Wildman–Crippen MR) is 57.0 cm³/mol. The molecule has 0 atom stereocenters. The maximum absolute atomic E-state index is 5.27. The molecule has 1 aliphatic rings. The molecular weight excluding hydrogens is 174 g/mol. The first-order valence-electron chi connectivity index (χ1n) is 5.58. The van der Waals surface area contributed by atoms with Crippen LogP contribution in [0.5, 0.6) is 0 Å². The van der Waals surface area contributed by atoms with Crippen LogP contribution in [0.2, 0.25) is 0 Å². The van der Waals surface area contributed by atoms with E-state index in [9.17, 15) is 0 Å². The second kappa shape index (κ2) is 4.18. The smallest absolute Gasteiger partial charge is 0.117 e. The second-order valence-corrected chi connectivity index (χ2v) is 4.39. The van der Waals surface area contributed by atoms with Crippen molar-refractivity contribution in [3.63, 3.8) is 0 Å². The molecule has 1 N–H and O–H groups in total. The van der Waals surface area contributed by atoms with Gasteiger partial charge in [-0.3, -0.25) is 0 Å². The van der Waals surface area contributed by atoms with Crippen molar-refractivity contribution < 1.29 is 4.42 Å². The molecule has 0 spiro atoms. The molecule has 14 heavy (non-hydrogen) atoms. The van der Waals surface area contributed by atoms with Gasteiger partial charge in [0.05, 0.1) is 12.8 Å². The Balaban J connectivity index is 1.72. The van der Waals surface area contributed by atoms with E-state index in [1.54, 1.807) is 6.26 Å². The highest BCUT2D eigenvalue weighted by atomic mass is 16.3. The summed E-state index contributed by atoms with van der Waals surface area (Å²) >= 11 is 0. The Morgan fingerprint density at radius 3 is 2.86 bits per heavy atom. The summed E-state index contributed by atoms with van der Waals surface area (Å²) in [6, 6.07) is 3.96. The summed E-state index contributed by atoms with van der Waals surface area (Å²) < 4.78 is 5.27. The minimum Gasteiger partial charge on any atom is -0.468 e. The fourth-order valence-corrected chi connectivity index (χ4v) is 2.20. The Labute approximate surface area is 85.7 Å². The van der Waals surface area contributed by atoms with Crippen LogP contribution in [-0.2, 0) is 6.54 Å². The van der Waals surface area contributed by atoms with Crippen LogP contribution in [0.4, 0.5) is 0 Å². The SMILES string of the molecule is CCC1(CNCc2ccco2)CCC1. The van der Waals surface area contributed by atoms with Gasteiger partial charge in [0.15, 0.2) is 0 Å². The quantitative estimate of drug-likeness (QED) is 0.777. The van der Waals surface area contributed by atoms with E-state index in [-0.39, 0.29) is 0 Å². The zero-order valence-corrected chi connectivity index (χ0v) is 8.88. The fraction of sp³-hybridized carbons (Fsp3) is 0.667. The number of hydrogen-bond acceptors (Lipinski definition) is 2. The maximum atomic E-state index is 5.27. The third-order valence-corrected chi connectivity index (χ3v) is 3.54. The summed E-state index contributed by atoms with van der Waals surface area (Å²) in [5, 5.41) is 3.49. The van der Waals surface area contributed by atoms with Crippen LogP contribution in [0, 0.1) is 5.41 Å². The van der Waals surface area contributed by atoms with Gasteiger partial charge in [0.1, 0.15) is 5.76 Å². The lowest BCUT2D eigenvalue weighted by Crippen LogP contribution is -2.39. The number of furan rings is 1. The highest BCUT2D eigenvalue weighted by Crippen LogP contribution is 2.43. The summed E-state index contributed by atoms with van der Waals surface area (Å²) in [7, 11) is 0. The minimum atomic E-state index is 0.604. The van der Waals surface area contributed by atoms with Gasteiger partial charge in [-0.05, 0) is 36.8 Å². The summed E-state index contributed by atoms with van der Waals surface area (Å²) in [5.41, 5.74) is 0.604. The Morgan fingerprint density at radius 1 is 1.50 bits per heavy atom. The van der Waals surface area contributed by atoms with E-state index in [4.69, 9.17) is 4.42 Å². The first-order valence-corrected chi connectivity index (χ1v) is 5.58. The molecule has 78 valence electrons. The Hall–Kier alpha value is -0.760. The van der Waals surface area contributed by atoms with Crippen molar-refractivity contribution in [1.82, 2.24) is 5.32 Å². The van der Waals surface area contributed by atoms with Gasteiger partial charge in [0.2, 0.25) is 0 Å². The van der Waals surface area contributed by atoms with E-state index < -0.39 is 0 Å². The zero-order chi connectivity index (χ0) is 9.86. The molecule has 0 aromatic carbocycles. The van der Waals surface area contributed by atoms with Crippen LogP contribution in [0.25, 0.3) is 0 Å². The van der Waals surface area contributed by atoms with Gasteiger partial charge in [-0.15, -0.1) is 0 Å². The van der Waals surface area contributed by atoms with Crippen molar-refractivity contribution in [2.24, 2.45) is 5.41 Å². The predicted octanol–water partition coefficient (Wildman–Crippen LogP) is 2.95. The van der Waals surface area contributed by atoms with Crippen LogP contribution in [0.15, 0.2) is 22.8 Å². The monoisotopic (exact) mass is 193 g/mol. The van der Waals surface area contributed by atoms with Crippen molar-refractivity contribution in [3.05, 3.63) is 24.2 Å². The highest BCUT2D eigenvalue weighted by Gasteiger charge is 2.34. The van der Waals surface area contributed by atoms with Crippen LogP contribution in [0.3, 0.4) is 0 Å². The molecule has 2 nitrogen and oxygen atoms in total. The van der Waals surface area contributed by atoms with Crippen molar-refractivity contribution in [3.8, 4) is 0 Å².